The molecule has 1 N–H and O–H groups in total. The molecule has 1 aliphatic heterocycles. The molecule has 0 saturated heterocycles. The van der Waals surface area contributed by atoms with Gasteiger partial charge in [-0.2, -0.15) is 0 Å². The molecule has 0 unspecified atom stereocenters. The SMILES string of the molecule is COc1cccc(C2(O)c3ccccc3Oc3ccccc32)c1. The molecule has 0 saturated carbocycles. The fraction of sp³-hybridized carbons (Fsp3) is 0.100. The Kier molecular flexibility index (Phi) is 3.10. The monoisotopic (exact) mass is 304 g/mol. The summed E-state index contributed by atoms with van der Waals surface area (Å²) in [6.07, 6.45) is 0. The molecular weight excluding hydrogens is 288 g/mol. The summed E-state index contributed by atoms with van der Waals surface area (Å²) in [6, 6.07) is 22.7. The van der Waals surface area contributed by atoms with Gasteiger partial charge in [-0.3, -0.25) is 0 Å². The highest BCUT2D eigenvalue weighted by Crippen LogP contribution is 2.50. The largest absolute Gasteiger partial charge is 0.497 e. The Morgan fingerprint density at radius 3 is 2.04 bits per heavy atom. The average Bonchev–Trinajstić information content (AvgIpc) is 2.62. The summed E-state index contributed by atoms with van der Waals surface area (Å²) in [6.45, 7) is 0. The number of hydrogen-bond acceptors (Lipinski definition) is 3. The van der Waals surface area contributed by atoms with Crippen molar-refractivity contribution < 1.29 is 14.6 Å². The first kappa shape index (κ1) is 13.9. The van der Waals surface area contributed by atoms with Gasteiger partial charge in [0, 0.05) is 11.1 Å². The molecule has 3 nitrogen and oxygen atoms in total. The predicted molar refractivity (Wildman–Crippen MR) is 88.1 cm³/mol. The fourth-order valence-electron chi connectivity index (χ4n) is 3.13. The van der Waals surface area contributed by atoms with Crippen molar-refractivity contribution in [3.63, 3.8) is 0 Å². The lowest BCUT2D eigenvalue weighted by molar-refractivity contribution is 0.112. The second-order valence-corrected chi connectivity index (χ2v) is 5.54. The van der Waals surface area contributed by atoms with Gasteiger partial charge >= 0.3 is 0 Å². The number of methoxy groups -OCH3 is 1. The molecule has 0 bridgehead atoms. The Labute approximate surface area is 134 Å². The standard InChI is InChI=1S/C20H16O3/c1-22-15-8-6-7-14(13-15)20(21)16-9-2-4-11-18(16)23-19-12-5-3-10-17(19)20/h2-13,21H,1H3. The summed E-state index contributed by atoms with van der Waals surface area (Å²) >= 11 is 0. The molecule has 1 aliphatic rings. The molecule has 0 amide bonds. The predicted octanol–water partition coefficient (Wildman–Crippen LogP) is 4.09. The van der Waals surface area contributed by atoms with Gasteiger partial charge in [-0.15, -0.1) is 0 Å². The van der Waals surface area contributed by atoms with Crippen LogP contribution in [0.2, 0.25) is 0 Å². The van der Waals surface area contributed by atoms with Crippen molar-refractivity contribution in [2.75, 3.05) is 7.11 Å². The molecule has 1 heterocycles. The second kappa shape index (κ2) is 5.14. The van der Waals surface area contributed by atoms with Crippen LogP contribution in [0.4, 0.5) is 0 Å². The first-order valence-corrected chi connectivity index (χ1v) is 7.47. The van der Waals surface area contributed by atoms with E-state index in [9.17, 15) is 5.11 Å². The van der Waals surface area contributed by atoms with E-state index in [4.69, 9.17) is 9.47 Å². The number of rotatable bonds is 2. The van der Waals surface area contributed by atoms with E-state index < -0.39 is 5.60 Å². The van der Waals surface area contributed by atoms with Crippen LogP contribution in [0.15, 0.2) is 72.8 Å². The maximum Gasteiger partial charge on any atom is 0.147 e. The maximum absolute atomic E-state index is 11.7. The number of aliphatic hydroxyl groups is 1. The summed E-state index contributed by atoms with van der Waals surface area (Å²) in [5.41, 5.74) is 0.930. The van der Waals surface area contributed by atoms with Gasteiger partial charge in [0.2, 0.25) is 0 Å². The fourth-order valence-corrected chi connectivity index (χ4v) is 3.13. The van der Waals surface area contributed by atoms with E-state index in [0.29, 0.717) is 17.2 Å². The zero-order valence-electron chi connectivity index (χ0n) is 12.7. The van der Waals surface area contributed by atoms with Crippen LogP contribution in [0.3, 0.4) is 0 Å². The van der Waals surface area contributed by atoms with E-state index >= 15 is 0 Å². The first-order chi connectivity index (χ1) is 11.2. The summed E-state index contributed by atoms with van der Waals surface area (Å²) in [5, 5.41) is 11.7. The molecule has 0 spiro atoms. The van der Waals surface area contributed by atoms with E-state index in [1.807, 2.05) is 72.8 Å². The molecule has 3 heteroatoms. The molecule has 114 valence electrons. The van der Waals surface area contributed by atoms with Gasteiger partial charge in [0.15, 0.2) is 0 Å². The Morgan fingerprint density at radius 1 is 0.826 bits per heavy atom. The summed E-state index contributed by atoms with van der Waals surface area (Å²) in [7, 11) is 1.62. The third kappa shape index (κ3) is 2.01. The number of fused-ring (bicyclic) bond motifs is 2. The Bertz CT molecular complexity index is 825. The third-order valence-electron chi connectivity index (χ3n) is 4.26. The van der Waals surface area contributed by atoms with E-state index in [1.165, 1.54) is 0 Å². The zero-order chi connectivity index (χ0) is 15.9. The summed E-state index contributed by atoms with van der Waals surface area (Å²) in [4.78, 5) is 0. The van der Waals surface area contributed by atoms with Crippen molar-refractivity contribution in [2.24, 2.45) is 0 Å². The molecule has 3 aromatic rings. The topological polar surface area (TPSA) is 38.7 Å². The lowest BCUT2D eigenvalue weighted by Crippen LogP contribution is -2.32. The molecule has 0 atom stereocenters. The van der Waals surface area contributed by atoms with Gasteiger partial charge in [0.1, 0.15) is 22.8 Å². The molecule has 0 fully saturated rings. The van der Waals surface area contributed by atoms with Crippen molar-refractivity contribution in [1.82, 2.24) is 0 Å². The van der Waals surface area contributed by atoms with Gasteiger partial charge in [-0.05, 0) is 29.8 Å². The quantitative estimate of drug-likeness (QED) is 0.775. The van der Waals surface area contributed by atoms with Gasteiger partial charge in [-0.25, -0.2) is 0 Å². The van der Waals surface area contributed by atoms with Gasteiger partial charge in [-0.1, -0.05) is 48.5 Å². The highest BCUT2D eigenvalue weighted by molar-refractivity contribution is 5.61. The molecule has 0 aromatic heterocycles. The van der Waals surface area contributed by atoms with E-state index in [-0.39, 0.29) is 0 Å². The first-order valence-electron chi connectivity index (χ1n) is 7.47. The molecule has 0 aliphatic carbocycles. The van der Waals surface area contributed by atoms with Gasteiger partial charge < -0.3 is 14.6 Å². The highest BCUT2D eigenvalue weighted by Gasteiger charge is 2.42. The van der Waals surface area contributed by atoms with Gasteiger partial charge in [0.25, 0.3) is 0 Å². The zero-order valence-corrected chi connectivity index (χ0v) is 12.7. The number of ether oxygens (including phenoxy) is 2. The molecule has 23 heavy (non-hydrogen) atoms. The maximum atomic E-state index is 11.7. The normalized spacial score (nSPS) is 14.3. The van der Waals surface area contributed by atoms with Crippen LogP contribution in [0.1, 0.15) is 16.7 Å². The van der Waals surface area contributed by atoms with Crippen LogP contribution < -0.4 is 9.47 Å². The minimum atomic E-state index is -1.28. The van der Waals surface area contributed by atoms with Crippen molar-refractivity contribution in [3.8, 4) is 17.2 Å². The van der Waals surface area contributed by atoms with E-state index in [2.05, 4.69) is 0 Å². The van der Waals surface area contributed by atoms with Crippen LogP contribution in [0.25, 0.3) is 0 Å². The molecule has 3 aromatic carbocycles. The minimum absolute atomic E-state index is 0.663. The Balaban J connectivity index is 2.03. The lowest BCUT2D eigenvalue weighted by Gasteiger charge is -2.36. The molecular formula is C20H16O3. The van der Waals surface area contributed by atoms with Crippen molar-refractivity contribution in [2.45, 2.75) is 5.60 Å². The van der Waals surface area contributed by atoms with Crippen LogP contribution in [0.5, 0.6) is 17.2 Å². The number of benzene rings is 3. The number of hydrogen-bond donors (Lipinski definition) is 1. The molecule has 0 radical (unpaired) electrons. The molecule has 4 rings (SSSR count). The Hall–Kier alpha value is -2.78. The van der Waals surface area contributed by atoms with Gasteiger partial charge in [0.05, 0.1) is 7.11 Å². The Morgan fingerprint density at radius 2 is 1.43 bits per heavy atom. The highest BCUT2D eigenvalue weighted by atomic mass is 16.5. The van der Waals surface area contributed by atoms with Crippen molar-refractivity contribution in [1.29, 1.82) is 0 Å². The summed E-state index contributed by atoms with van der Waals surface area (Å²) < 4.78 is 11.3. The van der Waals surface area contributed by atoms with Crippen LogP contribution >= 0.6 is 0 Å². The van der Waals surface area contributed by atoms with Crippen molar-refractivity contribution >= 4 is 0 Å². The second-order valence-electron chi connectivity index (χ2n) is 5.54. The third-order valence-corrected chi connectivity index (χ3v) is 4.26. The minimum Gasteiger partial charge on any atom is -0.497 e. The van der Waals surface area contributed by atoms with E-state index in [1.54, 1.807) is 7.11 Å². The average molecular weight is 304 g/mol. The smallest absolute Gasteiger partial charge is 0.147 e. The van der Waals surface area contributed by atoms with Crippen LogP contribution in [0, 0.1) is 0 Å². The number of para-hydroxylation sites is 2. The van der Waals surface area contributed by atoms with Crippen molar-refractivity contribution in [3.05, 3.63) is 89.5 Å². The van der Waals surface area contributed by atoms with Crippen LogP contribution in [-0.4, -0.2) is 12.2 Å². The van der Waals surface area contributed by atoms with Crippen LogP contribution in [-0.2, 0) is 5.60 Å². The van der Waals surface area contributed by atoms with E-state index in [0.717, 1.165) is 16.7 Å². The summed E-state index contributed by atoms with van der Waals surface area (Å²) in [5.74, 6) is 2.03. The lowest BCUT2D eigenvalue weighted by atomic mass is 9.78.